The van der Waals surface area contributed by atoms with Crippen LogP contribution >= 0.6 is 42.6 Å². The van der Waals surface area contributed by atoms with Crippen molar-refractivity contribution in [3.05, 3.63) is 62.1 Å². The van der Waals surface area contributed by atoms with Crippen molar-refractivity contribution in [2.75, 3.05) is 0 Å². The second kappa shape index (κ2) is 7.41. The van der Waals surface area contributed by atoms with Gasteiger partial charge >= 0.3 is 7.60 Å². The number of halogens is 2. The molecule has 0 aliphatic rings. The third-order valence-electron chi connectivity index (χ3n) is 2.86. The van der Waals surface area contributed by atoms with E-state index in [1.54, 1.807) is 12.1 Å². The van der Waals surface area contributed by atoms with E-state index in [0.29, 0.717) is 14.9 Å². The highest BCUT2D eigenvalue weighted by atomic mass is 35.5. The van der Waals surface area contributed by atoms with Crippen molar-refractivity contribution in [3.63, 3.8) is 0 Å². The number of nitro benzene ring substituents is 1. The minimum Gasteiger partial charge on any atom is -0.376 e. The van der Waals surface area contributed by atoms with E-state index < -0.39 is 24.1 Å². The Hall–Kier alpha value is -1.12. The van der Waals surface area contributed by atoms with Crippen LogP contribution in [0.1, 0.15) is 11.4 Å². The largest absolute Gasteiger partial charge is 0.376 e. The van der Waals surface area contributed by atoms with Crippen LogP contribution in [0.5, 0.6) is 0 Å². The Morgan fingerprint density at radius 3 is 2.21 bits per heavy atom. The molecule has 0 aromatic heterocycles. The second-order valence-corrected chi connectivity index (χ2v) is 8.30. The molecule has 0 amide bonds. The maximum atomic E-state index is 11.3. The molecule has 0 spiro atoms. The summed E-state index contributed by atoms with van der Waals surface area (Å²) in [6, 6.07) is 8.03. The molecule has 0 saturated heterocycles. The van der Waals surface area contributed by atoms with Crippen molar-refractivity contribution >= 4 is 48.2 Å². The number of nitrogens with zero attached hydrogens (tertiary/aromatic N) is 1. The number of non-ortho nitro benzene ring substituents is 1. The predicted octanol–water partition coefficient (Wildman–Crippen LogP) is 4.22. The summed E-state index contributed by atoms with van der Waals surface area (Å²) in [5, 5.41) is 21.5. The molecule has 0 saturated carbocycles. The molecule has 2 aromatic rings. The van der Waals surface area contributed by atoms with Crippen molar-refractivity contribution in [3.8, 4) is 0 Å². The Bertz CT molecular complexity index is 823. The van der Waals surface area contributed by atoms with E-state index >= 15 is 0 Å². The van der Waals surface area contributed by atoms with Gasteiger partial charge in [0.15, 0.2) is 5.85 Å². The number of benzene rings is 2. The van der Waals surface area contributed by atoms with Gasteiger partial charge in [-0.1, -0.05) is 35.0 Å². The molecule has 2 aromatic carbocycles. The van der Waals surface area contributed by atoms with Crippen LogP contribution in [-0.2, 0) is 4.57 Å². The van der Waals surface area contributed by atoms with Gasteiger partial charge in [-0.3, -0.25) is 14.7 Å². The zero-order valence-corrected chi connectivity index (χ0v) is 14.9. The van der Waals surface area contributed by atoms with Gasteiger partial charge in [0.25, 0.3) is 5.69 Å². The average molecular weight is 410 g/mol. The fraction of sp³-hybridized carbons (Fsp3) is 0.0769. The molecule has 7 nitrogen and oxygen atoms in total. The highest BCUT2D eigenvalue weighted by molar-refractivity contribution is 7.99. The lowest BCUT2D eigenvalue weighted by Crippen LogP contribution is -2.02. The first-order valence-electron chi connectivity index (χ1n) is 6.23. The first-order chi connectivity index (χ1) is 11.1. The molecule has 1 unspecified atom stereocenters. The number of hydrogen-bond acceptors (Lipinski definition) is 5. The zero-order valence-electron chi connectivity index (χ0n) is 11.7. The average Bonchev–Trinajstić information content (AvgIpc) is 2.44. The maximum absolute atomic E-state index is 11.3. The quantitative estimate of drug-likeness (QED) is 0.383. The van der Waals surface area contributed by atoms with Crippen LogP contribution in [0, 0.1) is 10.1 Å². The lowest BCUT2D eigenvalue weighted by Gasteiger charge is -2.16. The fourth-order valence-electron chi connectivity index (χ4n) is 1.84. The Morgan fingerprint density at radius 1 is 1.12 bits per heavy atom. The van der Waals surface area contributed by atoms with Gasteiger partial charge in [0, 0.05) is 37.5 Å². The van der Waals surface area contributed by atoms with Gasteiger partial charge < -0.3 is 14.9 Å². The normalized spacial score (nSPS) is 12.9. The molecular formula is C13H10Cl2NO6PS. The van der Waals surface area contributed by atoms with E-state index in [1.807, 2.05) is 0 Å². The predicted molar refractivity (Wildman–Crippen MR) is 90.7 cm³/mol. The summed E-state index contributed by atoms with van der Waals surface area (Å²) in [6.07, 6.45) is 0. The minimum atomic E-state index is -4.91. The van der Waals surface area contributed by atoms with Crippen LogP contribution in [0.4, 0.5) is 5.69 Å². The summed E-state index contributed by atoms with van der Waals surface area (Å²) in [5.41, 5.74) is -0.649. The Morgan fingerprint density at radius 2 is 1.71 bits per heavy atom. The molecule has 0 radical (unpaired) electrons. The van der Waals surface area contributed by atoms with Gasteiger partial charge in [0.1, 0.15) is 0 Å². The van der Waals surface area contributed by atoms with Gasteiger partial charge in [0.2, 0.25) is 0 Å². The van der Waals surface area contributed by atoms with Crippen LogP contribution in [0.25, 0.3) is 0 Å². The molecule has 0 heterocycles. The first-order valence-corrected chi connectivity index (χ1v) is 9.49. The van der Waals surface area contributed by atoms with Gasteiger partial charge in [0.05, 0.1) is 4.92 Å². The maximum Gasteiger partial charge on any atom is 0.358 e. The smallest absolute Gasteiger partial charge is 0.358 e. The van der Waals surface area contributed by atoms with Crippen molar-refractivity contribution < 1.29 is 24.4 Å². The van der Waals surface area contributed by atoms with E-state index in [0.717, 1.165) is 17.8 Å². The topological polar surface area (TPSA) is 121 Å². The summed E-state index contributed by atoms with van der Waals surface area (Å²) in [5.74, 6) is -2.19. The number of rotatable bonds is 5. The van der Waals surface area contributed by atoms with E-state index in [-0.39, 0.29) is 10.5 Å². The van der Waals surface area contributed by atoms with Crippen LogP contribution in [-0.4, -0.2) is 19.8 Å². The van der Waals surface area contributed by atoms with E-state index in [1.165, 1.54) is 18.2 Å². The van der Waals surface area contributed by atoms with E-state index in [9.17, 15) is 29.6 Å². The molecular weight excluding hydrogens is 400 g/mol. The zero-order chi connectivity index (χ0) is 18.1. The second-order valence-electron chi connectivity index (χ2n) is 4.65. The molecule has 0 aliphatic heterocycles. The van der Waals surface area contributed by atoms with E-state index in [2.05, 4.69) is 0 Å². The summed E-state index contributed by atoms with van der Waals surface area (Å²) in [4.78, 5) is 29.3. The third-order valence-corrected chi connectivity index (χ3v) is 5.28. The number of aliphatic hydroxyl groups is 1. The lowest BCUT2D eigenvalue weighted by molar-refractivity contribution is -0.385. The molecule has 0 fully saturated rings. The first kappa shape index (κ1) is 19.2. The number of aliphatic hydroxyl groups excluding tert-OH is 1. The molecule has 2 rings (SSSR count). The lowest BCUT2D eigenvalue weighted by atomic mass is 10.2. The fourth-order valence-corrected chi connectivity index (χ4v) is 4.21. The molecule has 1 atom stereocenters. The summed E-state index contributed by atoms with van der Waals surface area (Å²) < 4.78 is 11.3. The Balaban J connectivity index is 2.52. The molecule has 128 valence electrons. The number of nitro groups is 1. The van der Waals surface area contributed by atoms with Crippen molar-refractivity contribution in [2.24, 2.45) is 0 Å². The minimum absolute atomic E-state index is 0.231. The van der Waals surface area contributed by atoms with Crippen LogP contribution < -0.4 is 0 Å². The van der Waals surface area contributed by atoms with E-state index in [4.69, 9.17) is 23.2 Å². The van der Waals surface area contributed by atoms with Crippen molar-refractivity contribution in [2.45, 2.75) is 15.6 Å². The van der Waals surface area contributed by atoms with Gasteiger partial charge in [-0.05, 0) is 24.3 Å². The third kappa shape index (κ3) is 4.70. The van der Waals surface area contributed by atoms with Crippen molar-refractivity contribution in [1.82, 2.24) is 0 Å². The molecule has 0 bridgehead atoms. The Labute approximate surface area is 150 Å². The van der Waals surface area contributed by atoms with Gasteiger partial charge in [-0.25, -0.2) is 0 Å². The molecule has 3 N–H and O–H groups in total. The Kier molecular flexibility index (Phi) is 5.93. The van der Waals surface area contributed by atoms with Gasteiger partial charge in [-0.15, -0.1) is 0 Å². The van der Waals surface area contributed by atoms with Gasteiger partial charge in [-0.2, -0.15) is 0 Å². The summed E-state index contributed by atoms with van der Waals surface area (Å²) in [7, 11) is -4.91. The monoisotopic (exact) mass is 409 g/mol. The number of hydrogen-bond donors (Lipinski definition) is 3. The molecule has 0 aliphatic carbocycles. The molecule has 24 heavy (non-hydrogen) atoms. The standard InChI is InChI=1S/C13H10Cl2NO6PS/c14-7-3-8(15)5-10(4-7)24-12-2-1-9(16(18)19)6-11(12)13(17)23(20,21)22/h1-6,13,17H,(H2,20,21,22). The highest BCUT2D eigenvalue weighted by Gasteiger charge is 2.31. The summed E-state index contributed by atoms with van der Waals surface area (Å²) in [6.45, 7) is 0. The SMILES string of the molecule is O=[N+]([O-])c1ccc(Sc2cc(Cl)cc(Cl)c2)c(C(O)P(=O)(O)O)c1. The van der Waals surface area contributed by atoms with Crippen molar-refractivity contribution in [1.29, 1.82) is 0 Å². The summed E-state index contributed by atoms with van der Waals surface area (Å²) >= 11 is 12.8. The molecule has 11 heteroatoms. The highest BCUT2D eigenvalue weighted by Crippen LogP contribution is 2.52. The van der Waals surface area contributed by atoms with Crippen LogP contribution in [0.2, 0.25) is 10.0 Å². The van der Waals surface area contributed by atoms with Crippen LogP contribution in [0.15, 0.2) is 46.2 Å². The van der Waals surface area contributed by atoms with Crippen LogP contribution in [0.3, 0.4) is 0 Å².